The van der Waals surface area contributed by atoms with Crippen molar-refractivity contribution in [2.45, 2.75) is 44.3 Å². The second kappa shape index (κ2) is 7.21. The summed E-state index contributed by atoms with van der Waals surface area (Å²) < 4.78 is 0.275. The molecule has 0 unspecified atom stereocenters. The number of amides is 1. The lowest BCUT2D eigenvalue weighted by Gasteiger charge is -2.40. The van der Waals surface area contributed by atoms with Crippen molar-refractivity contribution in [3.8, 4) is 0 Å². The van der Waals surface area contributed by atoms with E-state index >= 15 is 0 Å². The average molecular weight is 306 g/mol. The number of benzene rings is 1. The number of anilines is 1. The Morgan fingerprint density at radius 3 is 2.71 bits per heavy atom. The number of hydrogen-bond acceptors (Lipinski definition) is 3. The largest absolute Gasteiger partial charge is 0.384 e. The van der Waals surface area contributed by atoms with Crippen LogP contribution in [0.5, 0.6) is 0 Å². The van der Waals surface area contributed by atoms with Gasteiger partial charge in [0.2, 0.25) is 0 Å². The van der Waals surface area contributed by atoms with Crippen LogP contribution in [0.15, 0.2) is 18.2 Å². The Balaban J connectivity index is 2.04. The monoisotopic (exact) mass is 306 g/mol. The fourth-order valence-electron chi connectivity index (χ4n) is 2.62. The topological polar surface area (TPSA) is 41.1 Å². The quantitative estimate of drug-likeness (QED) is 0.804. The second-order valence-corrected chi connectivity index (χ2v) is 7.17. The molecule has 0 aliphatic heterocycles. The lowest BCUT2D eigenvalue weighted by atomic mass is 9.84. The summed E-state index contributed by atoms with van der Waals surface area (Å²) in [6.45, 7) is 5.84. The van der Waals surface area contributed by atoms with Crippen molar-refractivity contribution in [2.75, 3.05) is 24.7 Å². The van der Waals surface area contributed by atoms with Crippen LogP contribution in [-0.2, 0) is 0 Å². The van der Waals surface area contributed by atoms with E-state index < -0.39 is 0 Å². The van der Waals surface area contributed by atoms with Crippen molar-refractivity contribution in [1.29, 1.82) is 0 Å². The van der Waals surface area contributed by atoms with Gasteiger partial charge in [0.1, 0.15) is 0 Å². The molecule has 4 heteroatoms. The highest BCUT2D eigenvalue weighted by Crippen LogP contribution is 2.42. The molecule has 0 radical (unpaired) electrons. The van der Waals surface area contributed by atoms with E-state index in [9.17, 15) is 4.79 Å². The fraction of sp³-hybridized carbons (Fsp3) is 0.588. The minimum absolute atomic E-state index is 0.0360. The van der Waals surface area contributed by atoms with Gasteiger partial charge in [0.15, 0.2) is 0 Å². The van der Waals surface area contributed by atoms with Crippen LogP contribution in [0.1, 0.15) is 48.5 Å². The molecule has 1 amide bonds. The third kappa shape index (κ3) is 3.94. The molecule has 1 aromatic rings. The first-order chi connectivity index (χ1) is 10.1. The van der Waals surface area contributed by atoms with E-state index in [2.05, 4.69) is 36.8 Å². The molecule has 2 rings (SSSR count). The Bertz CT molecular complexity index is 492. The zero-order valence-corrected chi connectivity index (χ0v) is 14.1. The number of thioether (sulfide) groups is 1. The van der Waals surface area contributed by atoms with Gasteiger partial charge in [-0.2, -0.15) is 11.8 Å². The van der Waals surface area contributed by atoms with Gasteiger partial charge in [-0.15, -0.1) is 0 Å². The van der Waals surface area contributed by atoms with Gasteiger partial charge < -0.3 is 10.6 Å². The van der Waals surface area contributed by atoms with E-state index in [0.29, 0.717) is 0 Å². The van der Waals surface area contributed by atoms with Crippen molar-refractivity contribution >= 4 is 23.4 Å². The van der Waals surface area contributed by atoms with Crippen LogP contribution in [0.25, 0.3) is 0 Å². The molecule has 1 aliphatic carbocycles. The molecule has 3 nitrogen and oxygen atoms in total. The Morgan fingerprint density at radius 1 is 1.38 bits per heavy atom. The van der Waals surface area contributed by atoms with Crippen LogP contribution in [0, 0.1) is 6.92 Å². The zero-order chi connectivity index (χ0) is 15.3. The zero-order valence-electron chi connectivity index (χ0n) is 13.3. The minimum Gasteiger partial charge on any atom is -0.384 e. The molecule has 0 bridgehead atoms. The molecule has 0 aromatic heterocycles. The van der Waals surface area contributed by atoms with E-state index in [1.165, 1.54) is 24.8 Å². The molecular weight excluding hydrogens is 280 g/mol. The van der Waals surface area contributed by atoms with Gasteiger partial charge >= 0.3 is 0 Å². The van der Waals surface area contributed by atoms with Gasteiger partial charge in [0.25, 0.3) is 5.91 Å². The molecule has 1 aliphatic rings. The number of aryl methyl sites for hydroxylation is 1. The maximum Gasteiger partial charge on any atom is 0.253 e. The molecule has 1 aromatic carbocycles. The highest BCUT2D eigenvalue weighted by Gasteiger charge is 2.36. The molecule has 1 saturated carbocycles. The normalized spacial score (nSPS) is 16.1. The average Bonchev–Trinajstić information content (AvgIpc) is 2.44. The Labute approximate surface area is 132 Å². The third-order valence-corrected chi connectivity index (χ3v) is 5.67. The first-order valence-electron chi connectivity index (χ1n) is 7.78. The summed E-state index contributed by atoms with van der Waals surface area (Å²) in [6, 6.07) is 5.98. The fourth-order valence-corrected chi connectivity index (χ4v) is 3.54. The van der Waals surface area contributed by atoms with Gasteiger partial charge in [0.05, 0.1) is 5.56 Å². The van der Waals surface area contributed by atoms with Crippen molar-refractivity contribution in [3.63, 3.8) is 0 Å². The van der Waals surface area contributed by atoms with Crippen LogP contribution in [-0.4, -0.2) is 30.0 Å². The standard InChI is InChI=1S/C17H26N2OS/c1-4-10-18-15-11-13(2)6-7-14(15)16(20)19-12-17(21-3)8-5-9-17/h6-7,11,18H,4-5,8-10,12H2,1-3H3,(H,19,20). The van der Waals surface area contributed by atoms with Crippen LogP contribution < -0.4 is 10.6 Å². The first kappa shape index (κ1) is 16.2. The van der Waals surface area contributed by atoms with E-state index in [-0.39, 0.29) is 10.7 Å². The van der Waals surface area contributed by atoms with E-state index in [1.54, 1.807) is 0 Å². The van der Waals surface area contributed by atoms with Crippen molar-refractivity contribution in [3.05, 3.63) is 29.3 Å². The SMILES string of the molecule is CCCNc1cc(C)ccc1C(=O)NCC1(SC)CCC1. The lowest BCUT2D eigenvalue weighted by molar-refractivity contribution is 0.0944. The Morgan fingerprint density at radius 2 is 2.14 bits per heavy atom. The second-order valence-electron chi connectivity index (χ2n) is 5.90. The molecular formula is C17H26N2OS. The van der Waals surface area contributed by atoms with Crippen molar-refractivity contribution in [2.24, 2.45) is 0 Å². The van der Waals surface area contributed by atoms with Crippen LogP contribution >= 0.6 is 11.8 Å². The number of carbonyl (C=O) groups excluding carboxylic acids is 1. The summed E-state index contributed by atoms with van der Waals surface area (Å²) in [7, 11) is 0. The minimum atomic E-state index is 0.0360. The lowest BCUT2D eigenvalue weighted by Crippen LogP contribution is -2.45. The number of nitrogens with one attached hydrogen (secondary N) is 2. The number of carbonyl (C=O) groups is 1. The molecule has 1 fully saturated rings. The molecule has 21 heavy (non-hydrogen) atoms. The van der Waals surface area contributed by atoms with E-state index in [4.69, 9.17) is 0 Å². The molecule has 0 spiro atoms. The first-order valence-corrected chi connectivity index (χ1v) is 9.00. The molecule has 0 saturated heterocycles. The number of hydrogen-bond donors (Lipinski definition) is 2. The summed E-state index contributed by atoms with van der Waals surface area (Å²) in [6.07, 6.45) is 6.90. The predicted molar refractivity (Wildman–Crippen MR) is 92.4 cm³/mol. The van der Waals surface area contributed by atoms with Gasteiger partial charge in [-0.05, 0) is 50.1 Å². The van der Waals surface area contributed by atoms with Crippen LogP contribution in [0.4, 0.5) is 5.69 Å². The smallest absolute Gasteiger partial charge is 0.253 e. The highest BCUT2D eigenvalue weighted by molar-refractivity contribution is 8.00. The predicted octanol–water partition coefficient (Wildman–Crippen LogP) is 3.83. The van der Waals surface area contributed by atoms with Crippen LogP contribution in [0.2, 0.25) is 0 Å². The summed E-state index contributed by atoms with van der Waals surface area (Å²) in [5.41, 5.74) is 2.87. The summed E-state index contributed by atoms with van der Waals surface area (Å²) in [5.74, 6) is 0.0360. The maximum absolute atomic E-state index is 12.5. The molecule has 0 atom stereocenters. The Kier molecular flexibility index (Phi) is 5.57. The van der Waals surface area contributed by atoms with Crippen LogP contribution in [0.3, 0.4) is 0 Å². The Hall–Kier alpha value is -1.16. The summed E-state index contributed by atoms with van der Waals surface area (Å²) in [5, 5.41) is 6.49. The van der Waals surface area contributed by atoms with Gasteiger partial charge in [-0.1, -0.05) is 19.4 Å². The van der Waals surface area contributed by atoms with Crippen molar-refractivity contribution < 1.29 is 4.79 Å². The maximum atomic E-state index is 12.5. The molecule has 0 heterocycles. The highest BCUT2D eigenvalue weighted by atomic mass is 32.2. The summed E-state index contributed by atoms with van der Waals surface area (Å²) >= 11 is 1.89. The van der Waals surface area contributed by atoms with Gasteiger partial charge in [0, 0.05) is 23.5 Å². The van der Waals surface area contributed by atoms with Crippen molar-refractivity contribution in [1.82, 2.24) is 5.32 Å². The summed E-state index contributed by atoms with van der Waals surface area (Å²) in [4.78, 5) is 12.5. The van der Waals surface area contributed by atoms with Gasteiger partial charge in [-0.25, -0.2) is 0 Å². The molecule has 2 N–H and O–H groups in total. The van der Waals surface area contributed by atoms with Gasteiger partial charge in [-0.3, -0.25) is 4.79 Å². The third-order valence-electron chi connectivity index (χ3n) is 4.25. The van der Waals surface area contributed by atoms with E-state index in [1.807, 2.05) is 23.9 Å². The molecule has 116 valence electrons. The number of rotatable bonds is 7. The van der Waals surface area contributed by atoms with E-state index in [0.717, 1.165) is 30.8 Å².